The molecule has 5 nitrogen and oxygen atoms in total. The summed E-state index contributed by atoms with van der Waals surface area (Å²) >= 11 is 0. The summed E-state index contributed by atoms with van der Waals surface area (Å²) in [7, 11) is 0. The Balaban J connectivity index is 2.04. The second kappa shape index (κ2) is 9.66. The van der Waals surface area contributed by atoms with E-state index in [1.807, 2.05) is 36.4 Å². The number of aryl methyl sites for hydroxylation is 1. The van der Waals surface area contributed by atoms with Crippen LogP contribution in [0.25, 0.3) is 0 Å². The maximum absolute atomic E-state index is 12.3. The molecule has 0 bridgehead atoms. The number of carbonyl (C=O) groups excluding carboxylic acids is 1. The van der Waals surface area contributed by atoms with Crippen molar-refractivity contribution in [2.75, 3.05) is 10.6 Å². The van der Waals surface area contributed by atoms with E-state index in [0.29, 0.717) is 11.3 Å². The van der Waals surface area contributed by atoms with Crippen LogP contribution in [0.15, 0.2) is 60.3 Å². The highest BCUT2D eigenvalue weighted by atomic mass is 16.1. The van der Waals surface area contributed by atoms with Crippen molar-refractivity contribution in [3.05, 3.63) is 71.4 Å². The van der Waals surface area contributed by atoms with Crippen molar-refractivity contribution >= 4 is 17.3 Å². The van der Waals surface area contributed by atoms with Crippen molar-refractivity contribution in [3.63, 3.8) is 0 Å². The van der Waals surface area contributed by atoms with Crippen molar-refractivity contribution in [3.8, 4) is 12.1 Å². The van der Waals surface area contributed by atoms with E-state index in [9.17, 15) is 10.1 Å². The largest absolute Gasteiger partial charge is 0.360 e. The van der Waals surface area contributed by atoms with Crippen molar-refractivity contribution in [2.45, 2.75) is 26.2 Å². The SMILES string of the molecule is CCCCc1ccc(N/C=C(/C#N)C(=O)Nc2ccccc2C#N)cc1. The summed E-state index contributed by atoms with van der Waals surface area (Å²) in [5, 5.41) is 23.9. The van der Waals surface area contributed by atoms with Gasteiger partial charge in [-0.25, -0.2) is 0 Å². The van der Waals surface area contributed by atoms with Crippen LogP contribution in [-0.4, -0.2) is 5.91 Å². The first-order valence-electron chi connectivity index (χ1n) is 8.44. The molecule has 0 saturated carbocycles. The van der Waals surface area contributed by atoms with Crippen LogP contribution in [0.2, 0.25) is 0 Å². The van der Waals surface area contributed by atoms with E-state index in [1.54, 1.807) is 24.3 Å². The van der Waals surface area contributed by atoms with E-state index in [4.69, 9.17) is 5.26 Å². The monoisotopic (exact) mass is 344 g/mol. The number of nitriles is 2. The third kappa shape index (κ3) is 5.22. The summed E-state index contributed by atoms with van der Waals surface area (Å²) < 4.78 is 0. The Kier molecular flexibility index (Phi) is 6.97. The van der Waals surface area contributed by atoms with Crippen LogP contribution in [0.1, 0.15) is 30.9 Å². The zero-order chi connectivity index (χ0) is 18.8. The molecule has 130 valence electrons. The molecule has 0 atom stereocenters. The van der Waals surface area contributed by atoms with Crippen molar-refractivity contribution in [1.29, 1.82) is 10.5 Å². The first-order chi connectivity index (χ1) is 12.7. The van der Waals surface area contributed by atoms with E-state index in [-0.39, 0.29) is 5.57 Å². The first kappa shape index (κ1) is 18.8. The zero-order valence-electron chi connectivity index (χ0n) is 14.6. The van der Waals surface area contributed by atoms with Crippen molar-refractivity contribution < 1.29 is 4.79 Å². The molecule has 0 unspecified atom stereocenters. The number of benzene rings is 2. The van der Waals surface area contributed by atoms with Crippen molar-refractivity contribution in [2.24, 2.45) is 0 Å². The number of nitrogens with one attached hydrogen (secondary N) is 2. The number of rotatable bonds is 7. The van der Waals surface area contributed by atoms with Crippen LogP contribution >= 0.6 is 0 Å². The molecule has 5 heteroatoms. The highest BCUT2D eigenvalue weighted by Gasteiger charge is 2.11. The molecule has 2 rings (SSSR count). The second-order valence-corrected chi connectivity index (χ2v) is 5.73. The topological polar surface area (TPSA) is 88.7 Å². The van der Waals surface area contributed by atoms with Crippen LogP contribution in [0.5, 0.6) is 0 Å². The van der Waals surface area contributed by atoms with Gasteiger partial charge in [0.25, 0.3) is 5.91 Å². The van der Waals surface area contributed by atoms with Gasteiger partial charge in [-0.2, -0.15) is 10.5 Å². The Bertz CT molecular complexity index is 870. The zero-order valence-corrected chi connectivity index (χ0v) is 14.6. The molecule has 0 saturated heterocycles. The smallest absolute Gasteiger partial charge is 0.267 e. The molecule has 1 amide bonds. The van der Waals surface area contributed by atoms with Crippen LogP contribution in [0.4, 0.5) is 11.4 Å². The molecule has 0 aromatic heterocycles. The second-order valence-electron chi connectivity index (χ2n) is 5.73. The number of unbranched alkanes of at least 4 members (excludes halogenated alkanes) is 1. The quantitative estimate of drug-likeness (QED) is 0.577. The lowest BCUT2D eigenvalue weighted by molar-refractivity contribution is -0.112. The van der Waals surface area contributed by atoms with Gasteiger partial charge in [0.2, 0.25) is 0 Å². The molecular weight excluding hydrogens is 324 g/mol. The Hall–Kier alpha value is -3.57. The predicted octanol–water partition coefficient (Wildman–Crippen LogP) is 4.36. The number of nitrogens with zero attached hydrogens (tertiary/aromatic N) is 2. The minimum Gasteiger partial charge on any atom is -0.360 e. The van der Waals surface area contributed by atoms with Gasteiger partial charge in [-0.3, -0.25) is 4.79 Å². The Morgan fingerprint density at radius 3 is 2.50 bits per heavy atom. The maximum Gasteiger partial charge on any atom is 0.267 e. The lowest BCUT2D eigenvalue weighted by Gasteiger charge is -2.07. The number of para-hydroxylation sites is 1. The molecule has 0 aliphatic heterocycles. The third-order valence-electron chi connectivity index (χ3n) is 3.82. The normalized spacial score (nSPS) is 10.5. The summed E-state index contributed by atoms with van der Waals surface area (Å²) in [6, 6.07) is 18.4. The lowest BCUT2D eigenvalue weighted by atomic mass is 10.1. The number of hydrogen-bond acceptors (Lipinski definition) is 4. The third-order valence-corrected chi connectivity index (χ3v) is 3.82. The van der Waals surface area contributed by atoms with Crippen LogP contribution in [0, 0.1) is 22.7 Å². The van der Waals surface area contributed by atoms with Gasteiger partial charge >= 0.3 is 0 Å². The van der Waals surface area contributed by atoms with Crippen LogP contribution in [-0.2, 0) is 11.2 Å². The summed E-state index contributed by atoms with van der Waals surface area (Å²) in [5.74, 6) is -0.567. The molecule has 2 aromatic rings. The van der Waals surface area contributed by atoms with E-state index in [2.05, 4.69) is 17.6 Å². The van der Waals surface area contributed by atoms with Crippen molar-refractivity contribution in [1.82, 2.24) is 0 Å². The van der Waals surface area contributed by atoms with Gasteiger partial charge in [0, 0.05) is 11.9 Å². The number of hydrogen-bond donors (Lipinski definition) is 2. The Morgan fingerprint density at radius 2 is 1.85 bits per heavy atom. The molecule has 26 heavy (non-hydrogen) atoms. The Labute approximate surface area is 153 Å². The van der Waals surface area contributed by atoms with E-state index >= 15 is 0 Å². The summed E-state index contributed by atoms with van der Waals surface area (Å²) in [5.41, 5.74) is 2.69. The lowest BCUT2D eigenvalue weighted by Crippen LogP contribution is -2.15. The molecule has 0 radical (unpaired) electrons. The molecule has 0 fully saturated rings. The maximum atomic E-state index is 12.3. The minimum atomic E-state index is -0.567. The highest BCUT2D eigenvalue weighted by molar-refractivity contribution is 6.07. The van der Waals surface area contributed by atoms with Crippen LogP contribution < -0.4 is 10.6 Å². The van der Waals surface area contributed by atoms with Crippen LogP contribution in [0.3, 0.4) is 0 Å². The fourth-order valence-electron chi connectivity index (χ4n) is 2.33. The van der Waals surface area contributed by atoms with Gasteiger partial charge < -0.3 is 10.6 Å². The van der Waals surface area contributed by atoms with Gasteiger partial charge in [0.15, 0.2) is 0 Å². The summed E-state index contributed by atoms with van der Waals surface area (Å²) in [6.07, 6.45) is 4.70. The minimum absolute atomic E-state index is 0.0761. The van der Waals surface area contributed by atoms with Gasteiger partial charge in [-0.15, -0.1) is 0 Å². The van der Waals surface area contributed by atoms with Gasteiger partial charge in [0.05, 0.1) is 11.3 Å². The molecule has 0 aliphatic rings. The summed E-state index contributed by atoms with van der Waals surface area (Å²) in [4.78, 5) is 12.3. The Morgan fingerprint density at radius 1 is 1.12 bits per heavy atom. The number of carbonyl (C=O) groups is 1. The fourth-order valence-corrected chi connectivity index (χ4v) is 2.33. The molecule has 2 N–H and O–H groups in total. The van der Waals surface area contributed by atoms with Gasteiger partial charge in [0.1, 0.15) is 17.7 Å². The van der Waals surface area contributed by atoms with E-state index < -0.39 is 5.91 Å². The predicted molar refractivity (Wildman–Crippen MR) is 102 cm³/mol. The van der Waals surface area contributed by atoms with Gasteiger partial charge in [-0.1, -0.05) is 37.6 Å². The molecule has 0 spiro atoms. The summed E-state index contributed by atoms with van der Waals surface area (Å²) in [6.45, 7) is 2.16. The first-order valence-corrected chi connectivity index (χ1v) is 8.44. The van der Waals surface area contributed by atoms with E-state index in [0.717, 1.165) is 24.9 Å². The van der Waals surface area contributed by atoms with Gasteiger partial charge in [-0.05, 0) is 42.7 Å². The van der Waals surface area contributed by atoms with E-state index in [1.165, 1.54) is 11.8 Å². The average molecular weight is 344 g/mol. The molecule has 0 heterocycles. The number of anilines is 2. The number of amides is 1. The average Bonchev–Trinajstić information content (AvgIpc) is 2.68. The fraction of sp³-hybridized carbons (Fsp3) is 0.190. The molecule has 2 aromatic carbocycles. The molecule has 0 aliphatic carbocycles. The molecular formula is C21H20N4O. The highest BCUT2D eigenvalue weighted by Crippen LogP contribution is 2.15. The standard InChI is InChI=1S/C21H20N4O/c1-2-3-6-16-9-11-19(12-10-16)24-15-18(14-23)21(26)25-20-8-5-4-7-17(20)13-22/h4-5,7-12,15,24H,2-3,6H2,1H3,(H,25,26)/b18-15-.